The van der Waals surface area contributed by atoms with Crippen molar-refractivity contribution >= 4 is 35.1 Å². The third-order valence-corrected chi connectivity index (χ3v) is 9.19. The first-order valence-electron chi connectivity index (χ1n) is 9.52. The average molecular weight is 460 g/mol. The van der Waals surface area contributed by atoms with Gasteiger partial charge in [-0.05, 0) is 48.5 Å². The molecule has 4 aromatic rings. The lowest BCUT2D eigenvalue weighted by molar-refractivity contribution is -0.00000542. The third-order valence-electron chi connectivity index (χ3n) is 4.94. The summed E-state index contributed by atoms with van der Waals surface area (Å²) in [7, 11) is -1.84. The zero-order valence-corrected chi connectivity index (χ0v) is 18.6. The quantitative estimate of drug-likeness (QED) is 0.310. The molecule has 0 saturated heterocycles. The summed E-state index contributed by atoms with van der Waals surface area (Å²) in [5.41, 5.74) is 0.995. The fraction of sp³-hybridized carbons (Fsp3) is 0.0385. The third kappa shape index (κ3) is 4.72. The summed E-state index contributed by atoms with van der Waals surface area (Å²) in [5, 5.41) is 4.14. The maximum atomic E-state index is 4.77. The molecule has 0 amide bonds. The number of para-hydroxylation sites is 1. The Morgan fingerprint density at radius 1 is 0.517 bits per heavy atom. The molecule has 144 valence electrons. The lowest BCUT2D eigenvalue weighted by Crippen LogP contribution is -3.00. The Kier molecular flexibility index (Phi) is 7.52. The second-order valence-electron chi connectivity index (χ2n) is 6.65. The van der Waals surface area contributed by atoms with Gasteiger partial charge in [0, 0.05) is 6.21 Å². The Morgan fingerprint density at radius 3 is 1.24 bits per heavy atom. The molecular formula is C26H23BrNP. The summed E-state index contributed by atoms with van der Waals surface area (Å²) in [6, 6.07) is 42.9. The summed E-state index contributed by atoms with van der Waals surface area (Å²) >= 11 is 0. The molecule has 1 nitrogen and oxygen atoms in total. The van der Waals surface area contributed by atoms with Crippen molar-refractivity contribution in [1.82, 2.24) is 0 Å². The van der Waals surface area contributed by atoms with Gasteiger partial charge in [0.2, 0.25) is 0 Å². The van der Waals surface area contributed by atoms with Gasteiger partial charge in [0.1, 0.15) is 29.3 Å². The van der Waals surface area contributed by atoms with Gasteiger partial charge in [-0.2, -0.15) is 0 Å². The van der Waals surface area contributed by atoms with Gasteiger partial charge < -0.3 is 17.0 Å². The van der Waals surface area contributed by atoms with E-state index in [-0.39, 0.29) is 17.0 Å². The van der Waals surface area contributed by atoms with Crippen molar-refractivity contribution in [2.24, 2.45) is 4.99 Å². The van der Waals surface area contributed by atoms with Gasteiger partial charge in [-0.25, -0.2) is 0 Å². The predicted octanol–water partition coefficient (Wildman–Crippen LogP) is 2.39. The van der Waals surface area contributed by atoms with Crippen LogP contribution in [0, 0.1) is 0 Å². The van der Waals surface area contributed by atoms with E-state index in [4.69, 9.17) is 4.99 Å². The Hall–Kier alpha value is -2.54. The van der Waals surface area contributed by atoms with Crippen molar-refractivity contribution < 1.29 is 17.0 Å². The minimum Gasteiger partial charge on any atom is -1.00 e. The largest absolute Gasteiger partial charge is 1.00 e. The van der Waals surface area contributed by atoms with E-state index in [1.54, 1.807) is 0 Å². The maximum absolute atomic E-state index is 4.77. The number of hydrogen-bond acceptors (Lipinski definition) is 1. The highest BCUT2D eigenvalue weighted by Gasteiger charge is 2.44. The van der Waals surface area contributed by atoms with Crippen molar-refractivity contribution in [2.45, 2.75) is 0 Å². The molecule has 0 fully saturated rings. The van der Waals surface area contributed by atoms with Crippen LogP contribution in [0.2, 0.25) is 0 Å². The second kappa shape index (κ2) is 10.3. The summed E-state index contributed by atoms with van der Waals surface area (Å²) in [6.45, 7) is 0. The van der Waals surface area contributed by atoms with Crippen LogP contribution >= 0.6 is 7.26 Å². The highest BCUT2D eigenvalue weighted by molar-refractivity contribution is 7.96. The molecule has 29 heavy (non-hydrogen) atoms. The summed E-state index contributed by atoms with van der Waals surface area (Å²) < 4.78 is 0. The van der Waals surface area contributed by atoms with Crippen LogP contribution in [0.15, 0.2) is 126 Å². The molecule has 0 radical (unpaired) electrons. The van der Waals surface area contributed by atoms with Crippen LogP contribution in [-0.2, 0) is 0 Å². The van der Waals surface area contributed by atoms with E-state index >= 15 is 0 Å². The van der Waals surface area contributed by atoms with E-state index in [1.165, 1.54) is 15.9 Å². The average Bonchev–Trinajstić information content (AvgIpc) is 2.79. The fourth-order valence-corrected chi connectivity index (χ4v) is 7.49. The summed E-state index contributed by atoms with van der Waals surface area (Å²) in [5.74, 6) is 0. The second-order valence-corrected chi connectivity index (χ2v) is 10.2. The first-order chi connectivity index (χ1) is 13.9. The molecule has 0 aliphatic heterocycles. The molecule has 0 spiro atoms. The van der Waals surface area contributed by atoms with Gasteiger partial charge in [0.15, 0.2) is 0 Å². The molecule has 4 aromatic carbocycles. The first kappa shape index (κ1) is 21.2. The van der Waals surface area contributed by atoms with Crippen LogP contribution in [0.1, 0.15) is 0 Å². The van der Waals surface area contributed by atoms with E-state index < -0.39 is 7.26 Å². The zero-order chi connectivity index (χ0) is 19.1. The van der Waals surface area contributed by atoms with Crippen LogP contribution < -0.4 is 32.9 Å². The summed E-state index contributed by atoms with van der Waals surface area (Å²) in [4.78, 5) is 4.77. The Morgan fingerprint density at radius 2 is 0.862 bits per heavy atom. The lowest BCUT2D eigenvalue weighted by atomic mass is 10.3. The Bertz CT molecular complexity index is 923. The molecule has 0 heterocycles. The molecule has 0 N–H and O–H groups in total. The minimum atomic E-state index is -1.84. The van der Waals surface area contributed by atoms with Crippen LogP contribution in [0.5, 0.6) is 0 Å². The molecule has 0 aliphatic carbocycles. The van der Waals surface area contributed by atoms with Gasteiger partial charge in [-0.15, -0.1) is 0 Å². The van der Waals surface area contributed by atoms with Gasteiger partial charge in [0.05, 0.1) is 5.69 Å². The molecule has 0 unspecified atom stereocenters. The number of halogens is 1. The van der Waals surface area contributed by atoms with E-state index in [1.807, 2.05) is 30.3 Å². The van der Waals surface area contributed by atoms with E-state index in [0.29, 0.717) is 0 Å². The summed E-state index contributed by atoms with van der Waals surface area (Å²) in [6.07, 6.45) is 3.00. The number of nitrogens with zero attached hydrogens (tertiary/aromatic N) is 1. The number of aliphatic imine (C=N–C) groups is 1. The first-order valence-corrected chi connectivity index (χ1v) is 11.5. The molecule has 0 bridgehead atoms. The minimum absolute atomic E-state index is 0. The van der Waals surface area contributed by atoms with Crippen LogP contribution in [0.25, 0.3) is 0 Å². The van der Waals surface area contributed by atoms with Crippen LogP contribution in [-0.4, -0.2) is 12.4 Å². The highest BCUT2D eigenvalue weighted by atomic mass is 79.9. The topological polar surface area (TPSA) is 12.4 Å². The molecule has 0 aliphatic rings. The fourth-order valence-electron chi connectivity index (χ4n) is 3.59. The number of benzene rings is 4. The monoisotopic (exact) mass is 459 g/mol. The van der Waals surface area contributed by atoms with Crippen LogP contribution in [0.4, 0.5) is 5.69 Å². The van der Waals surface area contributed by atoms with E-state index in [0.717, 1.165) is 11.8 Å². The van der Waals surface area contributed by atoms with Crippen molar-refractivity contribution in [2.75, 3.05) is 6.16 Å². The predicted molar refractivity (Wildman–Crippen MR) is 125 cm³/mol. The van der Waals surface area contributed by atoms with Gasteiger partial charge in [-0.1, -0.05) is 72.8 Å². The maximum Gasteiger partial charge on any atom is 0.117 e. The number of rotatable bonds is 6. The van der Waals surface area contributed by atoms with Crippen LogP contribution in [0.3, 0.4) is 0 Å². The van der Waals surface area contributed by atoms with Crippen molar-refractivity contribution in [3.8, 4) is 0 Å². The molecule has 0 saturated carbocycles. The Labute approximate surface area is 184 Å². The van der Waals surface area contributed by atoms with Crippen molar-refractivity contribution in [1.29, 1.82) is 0 Å². The van der Waals surface area contributed by atoms with Gasteiger partial charge in [-0.3, -0.25) is 4.99 Å². The van der Waals surface area contributed by atoms with Gasteiger partial charge >= 0.3 is 0 Å². The smallest absolute Gasteiger partial charge is 0.117 e. The SMILES string of the molecule is C(C[P+](c1ccccc1)(c1ccccc1)c1ccccc1)=Nc1ccccc1.[Br-]. The van der Waals surface area contributed by atoms with Crippen molar-refractivity contribution in [3.63, 3.8) is 0 Å². The molecule has 0 atom stereocenters. The normalized spacial score (nSPS) is 11.2. The molecule has 3 heteroatoms. The Balaban J connectivity index is 0.00000240. The molecule has 4 rings (SSSR count). The van der Waals surface area contributed by atoms with E-state index in [9.17, 15) is 0 Å². The zero-order valence-electron chi connectivity index (χ0n) is 16.1. The lowest BCUT2D eigenvalue weighted by Gasteiger charge is -2.26. The highest BCUT2D eigenvalue weighted by Crippen LogP contribution is 2.54. The van der Waals surface area contributed by atoms with Gasteiger partial charge in [0.25, 0.3) is 0 Å². The number of hydrogen-bond donors (Lipinski definition) is 0. The standard InChI is InChI=1S/C26H23NP.BrH/c1-5-13-23(14-6-1)27-21-22-28(24-15-7-2-8-16-24,25-17-9-3-10-18-25)26-19-11-4-12-20-26;/h1-21H,22H2;1H/q+1;/p-1. The molecular weight excluding hydrogens is 437 g/mol. The molecule has 0 aromatic heterocycles. The van der Waals surface area contributed by atoms with Crippen molar-refractivity contribution in [3.05, 3.63) is 121 Å². The van der Waals surface area contributed by atoms with E-state index in [2.05, 4.69) is 97.2 Å².